The zero-order valence-corrected chi connectivity index (χ0v) is 12.7. The van der Waals surface area contributed by atoms with Crippen molar-refractivity contribution in [1.29, 1.82) is 0 Å². The Morgan fingerprint density at radius 1 is 1.32 bits per heavy atom. The van der Waals surface area contributed by atoms with Gasteiger partial charge in [-0.15, -0.1) is 0 Å². The molecule has 0 saturated carbocycles. The maximum Gasteiger partial charge on any atom is 0.137 e. The van der Waals surface area contributed by atoms with Crippen LogP contribution in [0, 0.1) is 12.7 Å². The highest BCUT2D eigenvalue weighted by molar-refractivity contribution is 9.10. The number of rotatable bonds is 3. The molecule has 0 fully saturated rings. The van der Waals surface area contributed by atoms with Gasteiger partial charge in [0.2, 0.25) is 0 Å². The fourth-order valence-corrected chi connectivity index (χ4v) is 2.45. The van der Waals surface area contributed by atoms with Crippen LogP contribution in [0.25, 0.3) is 0 Å². The minimum Gasteiger partial charge on any atom is -0.388 e. The fraction of sp³-hybridized carbons (Fsp3) is 0.200. The highest BCUT2D eigenvalue weighted by Crippen LogP contribution is 2.27. The van der Waals surface area contributed by atoms with Crippen LogP contribution in [-0.4, -0.2) is 5.11 Å². The molecule has 0 aromatic heterocycles. The number of aliphatic hydroxyl groups excluding tert-OH is 1. The van der Waals surface area contributed by atoms with Gasteiger partial charge in [-0.1, -0.05) is 35.9 Å². The Hall–Kier alpha value is -0.900. The number of aliphatic hydroxyl groups is 1. The van der Waals surface area contributed by atoms with Crippen molar-refractivity contribution >= 4 is 27.5 Å². The lowest BCUT2D eigenvalue weighted by Crippen LogP contribution is -2.03. The molecule has 2 aromatic carbocycles. The molecule has 0 aliphatic carbocycles. The minimum absolute atomic E-state index is 0.322. The lowest BCUT2D eigenvalue weighted by molar-refractivity contribution is 0.178. The van der Waals surface area contributed by atoms with Crippen LogP contribution < -0.4 is 0 Å². The third-order valence-electron chi connectivity index (χ3n) is 3.01. The van der Waals surface area contributed by atoms with Crippen molar-refractivity contribution in [2.75, 3.05) is 0 Å². The second-order valence-electron chi connectivity index (χ2n) is 4.44. The minimum atomic E-state index is -0.686. The Kier molecular flexibility index (Phi) is 4.61. The van der Waals surface area contributed by atoms with E-state index in [2.05, 4.69) is 15.9 Å². The molecule has 0 radical (unpaired) electrons. The van der Waals surface area contributed by atoms with Gasteiger partial charge in [-0.2, -0.15) is 0 Å². The third kappa shape index (κ3) is 3.35. The van der Waals surface area contributed by atoms with Gasteiger partial charge in [0.25, 0.3) is 0 Å². The Bertz CT molecular complexity index is 601. The number of halogens is 3. The second kappa shape index (κ2) is 6.04. The van der Waals surface area contributed by atoms with E-state index in [1.807, 2.05) is 13.0 Å². The molecule has 1 atom stereocenters. The standard InChI is InChI=1S/C15H13BrClFO/c1-9-7-10(5-6-12(9)17)14(19)8-11-3-2-4-13(18)15(11)16/h2-7,14,19H,8H2,1H3. The van der Waals surface area contributed by atoms with Crippen LogP contribution in [0.5, 0.6) is 0 Å². The van der Waals surface area contributed by atoms with Crippen molar-refractivity contribution in [3.05, 3.63) is 68.4 Å². The zero-order chi connectivity index (χ0) is 14.0. The van der Waals surface area contributed by atoms with Gasteiger partial charge in [0.05, 0.1) is 10.6 Å². The Balaban J connectivity index is 2.23. The fourth-order valence-electron chi connectivity index (χ4n) is 1.91. The third-order valence-corrected chi connectivity index (χ3v) is 4.32. The normalized spacial score (nSPS) is 12.5. The largest absolute Gasteiger partial charge is 0.388 e. The van der Waals surface area contributed by atoms with E-state index in [-0.39, 0.29) is 5.82 Å². The van der Waals surface area contributed by atoms with Crippen LogP contribution in [0.15, 0.2) is 40.9 Å². The molecule has 0 spiro atoms. The Labute approximate surface area is 125 Å². The van der Waals surface area contributed by atoms with Crippen LogP contribution in [0.1, 0.15) is 22.8 Å². The van der Waals surface area contributed by atoms with Crippen LogP contribution >= 0.6 is 27.5 Å². The van der Waals surface area contributed by atoms with Crippen molar-refractivity contribution in [2.24, 2.45) is 0 Å². The Morgan fingerprint density at radius 2 is 2.05 bits per heavy atom. The van der Waals surface area contributed by atoms with Gasteiger partial charge in [-0.25, -0.2) is 4.39 Å². The highest BCUT2D eigenvalue weighted by Gasteiger charge is 2.13. The van der Waals surface area contributed by atoms with Gasteiger partial charge in [0.1, 0.15) is 5.82 Å². The van der Waals surface area contributed by atoms with Crippen molar-refractivity contribution in [3.63, 3.8) is 0 Å². The van der Waals surface area contributed by atoms with E-state index >= 15 is 0 Å². The molecule has 2 aromatic rings. The Morgan fingerprint density at radius 3 is 2.74 bits per heavy atom. The molecule has 100 valence electrons. The first-order valence-electron chi connectivity index (χ1n) is 5.86. The van der Waals surface area contributed by atoms with Crippen molar-refractivity contribution in [2.45, 2.75) is 19.4 Å². The van der Waals surface area contributed by atoms with Crippen molar-refractivity contribution in [3.8, 4) is 0 Å². The first-order chi connectivity index (χ1) is 8.99. The molecule has 4 heteroatoms. The first-order valence-corrected chi connectivity index (χ1v) is 7.03. The van der Waals surface area contributed by atoms with E-state index in [0.29, 0.717) is 15.9 Å². The topological polar surface area (TPSA) is 20.2 Å². The van der Waals surface area contributed by atoms with Gasteiger partial charge in [0.15, 0.2) is 0 Å². The predicted molar refractivity (Wildman–Crippen MR) is 79.0 cm³/mol. The molecule has 1 nitrogen and oxygen atoms in total. The lowest BCUT2D eigenvalue weighted by Gasteiger charge is -2.13. The molecule has 0 saturated heterocycles. The maximum atomic E-state index is 13.4. The average molecular weight is 344 g/mol. The molecule has 1 N–H and O–H groups in total. The van der Waals surface area contributed by atoms with Gasteiger partial charge in [-0.05, 0) is 51.7 Å². The predicted octanol–water partition coefficient (Wildman–Crippen LogP) is 4.83. The highest BCUT2D eigenvalue weighted by atomic mass is 79.9. The van der Waals surface area contributed by atoms with Gasteiger partial charge in [0, 0.05) is 11.4 Å². The summed E-state index contributed by atoms with van der Waals surface area (Å²) in [6.07, 6.45) is -0.339. The molecule has 19 heavy (non-hydrogen) atoms. The van der Waals surface area contributed by atoms with Crippen molar-refractivity contribution in [1.82, 2.24) is 0 Å². The summed E-state index contributed by atoms with van der Waals surface area (Å²) in [6, 6.07) is 10.2. The monoisotopic (exact) mass is 342 g/mol. The number of benzene rings is 2. The van der Waals surface area contributed by atoms with E-state index in [0.717, 1.165) is 16.7 Å². The van der Waals surface area contributed by atoms with E-state index < -0.39 is 6.10 Å². The van der Waals surface area contributed by atoms with Crippen LogP contribution in [0.4, 0.5) is 4.39 Å². The SMILES string of the molecule is Cc1cc(C(O)Cc2cccc(F)c2Br)ccc1Cl. The molecule has 0 amide bonds. The summed E-state index contributed by atoms with van der Waals surface area (Å²) in [5, 5.41) is 10.9. The lowest BCUT2D eigenvalue weighted by atomic mass is 10.00. The zero-order valence-electron chi connectivity index (χ0n) is 10.3. The summed E-state index contributed by atoms with van der Waals surface area (Å²) in [4.78, 5) is 0. The smallest absolute Gasteiger partial charge is 0.137 e. The quantitative estimate of drug-likeness (QED) is 0.846. The summed E-state index contributed by atoms with van der Waals surface area (Å²) >= 11 is 9.15. The molecule has 1 unspecified atom stereocenters. The van der Waals surface area contributed by atoms with E-state index in [1.165, 1.54) is 6.07 Å². The molecule has 2 rings (SSSR count). The van der Waals surface area contributed by atoms with E-state index in [9.17, 15) is 9.50 Å². The summed E-state index contributed by atoms with van der Waals surface area (Å²) in [5.41, 5.74) is 2.43. The molecule has 0 bridgehead atoms. The maximum absolute atomic E-state index is 13.4. The van der Waals surface area contributed by atoms with Crippen LogP contribution in [0.2, 0.25) is 5.02 Å². The number of hydrogen-bond acceptors (Lipinski definition) is 1. The van der Waals surface area contributed by atoms with Gasteiger partial charge >= 0.3 is 0 Å². The number of aryl methyl sites for hydroxylation is 1. The average Bonchev–Trinajstić information content (AvgIpc) is 2.38. The molecule has 0 aliphatic heterocycles. The van der Waals surface area contributed by atoms with E-state index in [4.69, 9.17) is 11.6 Å². The van der Waals surface area contributed by atoms with Crippen LogP contribution in [0.3, 0.4) is 0 Å². The summed E-state index contributed by atoms with van der Waals surface area (Å²) in [7, 11) is 0. The second-order valence-corrected chi connectivity index (χ2v) is 5.64. The molecular formula is C15H13BrClFO. The molecule has 0 heterocycles. The molecule has 0 aliphatic rings. The summed E-state index contributed by atoms with van der Waals surface area (Å²) in [6.45, 7) is 1.89. The number of hydrogen-bond donors (Lipinski definition) is 1. The van der Waals surface area contributed by atoms with Crippen molar-refractivity contribution < 1.29 is 9.50 Å². The van der Waals surface area contributed by atoms with Gasteiger partial charge in [-0.3, -0.25) is 0 Å². The van der Waals surface area contributed by atoms with E-state index in [1.54, 1.807) is 24.3 Å². The summed E-state index contributed by atoms with van der Waals surface area (Å²) in [5.74, 6) is -0.322. The molecular weight excluding hydrogens is 331 g/mol. The summed E-state index contributed by atoms with van der Waals surface area (Å²) < 4.78 is 13.8. The van der Waals surface area contributed by atoms with Crippen LogP contribution in [-0.2, 0) is 6.42 Å². The first kappa shape index (κ1) is 14.5. The van der Waals surface area contributed by atoms with Gasteiger partial charge < -0.3 is 5.11 Å².